The summed E-state index contributed by atoms with van der Waals surface area (Å²) in [4.78, 5) is 10.3. The Morgan fingerprint density at radius 2 is 2.06 bits per heavy atom. The quantitative estimate of drug-likeness (QED) is 0.396. The molecule has 0 bridgehead atoms. The second kappa shape index (κ2) is 5.19. The third-order valence-electron chi connectivity index (χ3n) is 1.78. The lowest BCUT2D eigenvalue weighted by molar-refractivity contribution is -0.385. The Balaban J connectivity index is 2.90. The molecular formula is C9H11N4O2S+. The Kier molecular flexibility index (Phi) is 3.92. The van der Waals surface area contributed by atoms with Crippen LogP contribution in [0.2, 0.25) is 0 Å². The smallest absolute Gasteiger partial charge is 0.283 e. The monoisotopic (exact) mass is 239 g/mol. The fraction of sp³-hybridized carbons (Fsp3) is 0. The maximum atomic E-state index is 10.7. The summed E-state index contributed by atoms with van der Waals surface area (Å²) in [6.45, 7) is 3.67. The molecule has 0 amide bonds. The van der Waals surface area contributed by atoms with Crippen molar-refractivity contribution >= 4 is 28.7 Å². The first-order valence-corrected chi connectivity index (χ1v) is 4.74. The van der Waals surface area contributed by atoms with Gasteiger partial charge < -0.3 is 0 Å². The molecule has 0 aromatic heterocycles. The first-order valence-electron chi connectivity index (χ1n) is 4.33. The van der Waals surface area contributed by atoms with Crippen LogP contribution < -0.4 is 16.6 Å². The predicted octanol–water partition coefficient (Wildman–Crippen LogP) is 0.187. The van der Waals surface area contributed by atoms with E-state index in [2.05, 4.69) is 35.4 Å². The zero-order valence-corrected chi connectivity index (χ0v) is 9.21. The van der Waals surface area contributed by atoms with E-state index in [1.807, 2.05) is 0 Å². The Labute approximate surface area is 97.3 Å². The molecule has 0 saturated heterocycles. The average molecular weight is 239 g/mol. The molecule has 1 rings (SSSR count). The molecule has 0 aliphatic carbocycles. The van der Waals surface area contributed by atoms with E-state index in [1.165, 1.54) is 6.07 Å². The van der Waals surface area contributed by atoms with Crippen LogP contribution in [-0.4, -0.2) is 10.0 Å². The molecule has 16 heavy (non-hydrogen) atoms. The number of nitro benzene ring substituents is 1. The van der Waals surface area contributed by atoms with Gasteiger partial charge in [0.05, 0.1) is 16.2 Å². The topological polar surface area (TPSA) is 94.8 Å². The standard InChI is InChI=1S/C9H10N4O2S/c1-6(11-12-9(10)16)7-4-2-3-5-8(7)13(14)15/h2-5,11H,1H2,(H3,10,12,16)/p+1. The van der Waals surface area contributed by atoms with Gasteiger partial charge in [-0.3, -0.25) is 21.3 Å². The van der Waals surface area contributed by atoms with Crippen LogP contribution in [0.1, 0.15) is 5.56 Å². The SMILES string of the molecule is C=C(NNC([NH3+])=S)c1ccccc1[N+](=O)[O-]. The fourth-order valence-electron chi connectivity index (χ4n) is 1.10. The van der Waals surface area contributed by atoms with Crippen LogP contribution in [0.15, 0.2) is 30.8 Å². The molecule has 5 N–H and O–H groups in total. The van der Waals surface area contributed by atoms with E-state index < -0.39 is 4.92 Å². The number of para-hydroxylation sites is 1. The Bertz CT molecular complexity index is 447. The molecule has 0 aliphatic heterocycles. The summed E-state index contributed by atoms with van der Waals surface area (Å²) in [5.41, 5.74) is 9.39. The highest BCUT2D eigenvalue weighted by Crippen LogP contribution is 2.22. The van der Waals surface area contributed by atoms with Crippen molar-refractivity contribution in [3.8, 4) is 0 Å². The minimum Gasteiger partial charge on any atom is -0.299 e. The molecule has 84 valence electrons. The third-order valence-corrected chi connectivity index (χ3v) is 1.88. The molecule has 6 nitrogen and oxygen atoms in total. The summed E-state index contributed by atoms with van der Waals surface area (Å²) >= 11 is 4.69. The molecule has 0 unspecified atom stereocenters. The summed E-state index contributed by atoms with van der Waals surface area (Å²) in [6.07, 6.45) is 0. The van der Waals surface area contributed by atoms with Crippen molar-refractivity contribution in [2.45, 2.75) is 0 Å². The molecule has 0 aliphatic rings. The van der Waals surface area contributed by atoms with Crippen LogP contribution in [0.3, 0.4) is 0 Å². The summed E-state index contributed by atoms with van der Waals surface area (Å²) in [5.74, 6) is 0. The number of hydrogen-bond acceptors (Lipinski definition) is 4. The lowest BCUT2D eigenvalue weighted by atomic mass is 10.1. The van der Waals surface area contributed by atoms with Gasteiger partial charge in [0, 0.05) is 18.3 Å². The van der Waals surface area contributed by atoms with Crippen LogP contribution >= 0.6 is 12.2 Å². The van der Waals surface area contributed by atoms with E-state index in [0.29, 0.717) is 11.3 Å². The van der Waals surface area contributed by atoms with Gasteiger partial charge in [0.25, 0.3) is 10.8 Å². The first kappa shape index (κ1) is 12.1. The Hall–Kier alpha value is -1.99. The molecule has 0 fully saturated rings. The molecule has 0 atom stereocenters. The Morgan fingerprint density at radius 3 is 2.62 bits per heavy atom. The summed E-state index contributed by atoms with van der Waals surface area (Å²) < 4.78 is 0. The summed E-state index contributed by atoms with van der Waals surface area (Å²) in [6, 6.07) is 6.29. The van der Waals surface area contributed by atoms with Crippen LogP contribution in [0, 0.1) is 10.1 Å². The number of thiocarbonyl (C=S) groups is 1. The lowest BCUT2D eigenvalue weighted by Gasteiger charge is -2.09. The van der Waals surface area contributed by atoms with Gasteiger partial charge in [0.15, 0.2) is 0 Å². The number of benzene rings is 1. The number of hydrazine groups is 1. The van der Waals surface area contributed by atoms with Crippen molar-refractivity contribution in [3.05, 3.63) is 46.5 Å². The maximum Gasteiger partial charge on any atom is 0.283 e. The van der Waals surface area contributed by atoms with E-state index in [0.717, 1.165) is 0 Å². The highest BCUT2D eigenvalue weighted by atomic mass is 32.1. The second-order valence-corrected chi connectivity index (χ2v) is 3.42. The van der Waals surface area contributed by atoms with Gasteiger partial charge in [-0.25, -0.2) is 5.43 Å². The van der Waals surface area contributed by atoms with Gasteiger partial charge >= 0.3 is 0 Å². The number of nitro groups is 1. The maximum absolute atomic E-state index is 10.7. The van der Waals surface area contributed by atoms with Crippen LogP contribution in [0.4, 0.5) is 5.69 Å². The molecule has 1 aromatic rings. The second-order valence-electron chi connectivity index (χ2n) is 2.93. The molecule has 0 spiro atoms. The van der Waals surface area contributed by atoms with Crippen molar-refractivity contribution in [3.63, 3.8) is 0 Å². The lowest BCUT2D eigenvalue weighted by Crippen LogP contribution is -2.65. The largest absolute Gasteiger partial charge is 0.299 e. The first-order chi connectivity index (χ1) is 7.52. The minimum atomic E-state index is -0.468. The molecule has 1 aromatic carbocycles. The molecule has 0 radical (unpaired) electrons. The van der Waals surface area contributed by atoms with Crippen molar-refractivity contribution in [1.82, 2.24) is 10.9 Å². The van der Waals surface area contributed by atoms with Gasteiger partial charge in [-0.05, 0) is 6.07 Å². The van der Waals surface area contributed by atoms with E-state index in [1.54, 1.807) is 18.2 Å². The zero-order valence-electron chi connectivity index (χ0n) is 8.40. The van der Waals surface area contributed by atoms with Crippen LogP contribution in [0.25, 0.3) is 5.70 Å². The van der Waals surface area contributed by atoms with Crippen molar-refractivity contribution in [1.29, 1.82) is 0 Å². The van der Waals surface area contributed by atoms with Gasteiger partial charge in [-0.2, -0.15) is 0 Å². The average Bonchev–Trinajstić information content (AvgIpc) is 2.25. The number of hydrogen-bond donors (Lipinski definition) is 3. The van der Waals surface area contributed by atoms with Crippen LogP contribution in [0.5, 0.6) is 0 Å². The van der Waals surface area contributed by atoms with E-state index in [9.17, 15) is 10.1 Å². The normalized spacial score (nSPS) is 9.31. The van der Waals surface area contributed by atoms with Gasteiger partial charge in [-0.1, -0.05) is 18.7 Å². The highest BCUT2D eigenvalue weighted by molar-refractivity contribution is 7.79. The molecular weight excluding hydrogens is 228 g/mol. The predicted molar refractivity (Wildman–Crippen MR) is 63.9 cm³/mol. The third kappa shape index (κ3) is 3.01. The van der Waals surface area contributed by atoms with E-state index in [4.69, 9.17) is 0 Å². The highest BCUT2D eigenvalue weighted by Gasteiger charge is 2.14. The van der Waals surface area contributed by atoms with Crippen molar-refractivity contribution < 1.29 is 10.7 Å². The van der Waals surface area contributed by atoms with E-state index >= 15 is 0 Å². The zero-order chi connectivity index (χ0) is 12.1. The van der Waals surface area contributed by atoms with Gasteiger partial charge in [0.2, 0.25) is 0 Å². The van der Waals surface area contributed by atoms with Crippen LogP contribution in [-0.2, 0) is 0 Å². The van der Waals surface area contributed by atoms with Gasteiger partial charge in [-0.15, -0.1) is 0 Å². The Morgan fingerprint density at radius 1 is 1.44 bits per heavy atom. The number of rotatable bonds is 4. The number of nitrogens with one attached hydrogen (secondary N) is 2. The number of nitrogens with zero attached hydrogens (tertiary/aromatic N) is 1. The van der Waals surface area contributed by atoms with Gasteiger partial charge in [0.1, 0.15) is 0 Å². The minimum absolute atomic E-state index is 0.0169. The fourth-order valence-corrected chi connectivity index (χ4v) is 1.15. The van der Waals surface area contributed by atoms with E-state index in [-0.39, 0.29) is 10.8 Å². The number of quaternary nitrogens is 1. The van der Waals surface area contributed by atoms with Crippen molar-refractivity contribution in [2.75, 3.05) is 0 Å². The summed E-state index contributed by atoms with van der Waals surface area (Å²) in [5, 5.41) is 11.0. The molecule has 7 heteroatoms. The summed E-state index contributed by atoms with van der Waals surface area (Å²) in [7, 11) is 0. The van der Waals surface area contributed by atoms with Crippen molar-refractivity contribution in [2.24, 2.45) is 0 Å². The molecule has 0 heterocycles. The molecule has 0 saturated carbocycles.